The highest BCUT2D eigenvalue weighted by atomic mass is 16.3. The highest BCUT2D eigenvalue weighted by molar-refractivity contribution is 6.16. The van der Waals surface area contributed by atoms with Crippen molar-refractivity contribution in [3.63, 3.8) is 0 Å². The molecule has 0 aliphatic heterocycles. The van der Waals surface area contributed by atoms with Crippen molar-refractivity contribution in [3.05, 3.63) is 59.2 Å². The highest BCUT2D eigenvalue weighted by Gasteiger charge is 2.27. The maximum atomic E-state index is 10.2. The van der Waals surface area contributed by atoms with Gasteiger partial charge in [-0.1, -0.05) is 68.7 Å². The van der Waals surface area contributed by atoms with Gasteiger partial charge in [0.2, 0.25) is 0 Å². The lowest BCUT2D eigenvalue weighted by molar-refractivity contribution is 0.278. The van der Waals surface area contributed by atoms with Crippen molar-refractivity contribution in [3.8, 4) is 22.3 Å². The Balaban J connectivity index is 1.91. The minimum atomic E-state index is 0.0282. The van der Waals surface area contributed by atoms with Crippen LogP contribution in [-0.2, 0) is 19.6 Å². The molecule has 0 amide bonds. The smallest absolute Gasteiger partial charge is 0.0690 e. The fraction of sp³-hybridized carbons (Fsp3) is 0.333. The molecular formula is C24H26O2. The second kappa shape index (κ2) is 7.22. The Morgan fingerprint density at radius 2 is 1.50 bits per heavy atom. The third-order valence-electron chi connectivity index (χ3n) is 5.68. The molecule has 0 saturated heterocycles. The lowest BCUT2D eigenvalue weighted by Crippen LogP contribution is -2.02. The van der Waals surface area contributed by atoms with Crippen molar-refractivity contribution in [1.82, 2.24) is 0 Å². The Morgan fingerprint density at radius 1 is 0.769 bits per heavy atom. The number of aliphatic hydroxyl groups excluding tert-OH is 2. The van der Waals surface area contributed by atoms with Crippen LogP contribution in [-0.4, -0.2) is 10.2 Å². The van der Waals surface area contributed by atoms with Gasteiger partial charge in [0.1, 0.15) is 0 Å². The van der Waals surface area contributed by atoms with Crippen LogP contribution in [0.2, 0.25) is 0 Å². The Kier molecular flexibility index (Phi) is 4.80. The molecule has 0 bridgehead atoms. The summed E-state index contributed by atoms with van der Waals surface area (Å²) in [6, 6.07) is 14.9. The summed E-state index contributed by atoms with van der Waals surface area (Å²) in [7, 11) is 0. The van der Waals surface area contributed by atoms with Crippen molar-refractivity contribution in [2.24, 2.45) is 0 Å². The van der Waals surface area contributed by atoms with Crippen LogP contribution in [0.3, 0.4) is 0 Å². The fourth-order valence-corrected chi connectivity index (χ4v) is 4.47. The van der Waals surface area contributed by atoms with Gasteiger partial charge >= 0.3 is 0 Å². The predicted molar refractivity (Wildman–Crippen MR) is 108 cm³/mol. The van der Waals surface area contributed by atoms with Gasteiger partial charge in [-0.3, -0.25) is 0 Å². The minimum absolute atomic E-state index is 0.0282. The first kappa shape index (κ1) is 17.3. The molecule has 2 heteroatoms. The lowest BCUT2D eigenvalue weighted by Gasteiger charge is -2.17. The average molecular weight is 346 g/mol. The van der Waals surface area contributed by atoms with Crippen LogP contribution < -0.4 is 0 Å². The molecular weight excluding hydrogens is 320 g/mol. The molecule has 4 rings (SSSR count). The van der Waals surface area contributed by atoms with Crippen molar-refractivity contribution in [1.29, 1.82) is 0 Å². The third kappa shape index (κ3) is 2.65. The highest BCUT2D eigenvalue weighted by Crippen LogP contribution is 2.51. The number of aliphatic hydroxyl groups is 2. The summed E-state index contributed by atoms with van der Waals surface area (Å²) in [6.45, 7) is 2.29. The number of aryl methyl sites for hydroxylation is 1. The summed E-state index contributed by atoms with van der Waals surface area (Å²) in [5, 5.41) is 22.8. The molecule has 1 aliphatic rings. The number of fused-ring (bicyclic) bond motifs is 3. The summed E-state index contributed by atoms with van der Waals surface area (Å²) in [5.74, 6) is 0. The number of benzene rings is 3. The first-order valence-electron chi connectivity index (χ1n) is 9.72. The Bertz CT molecular complexity index is 951. The summed E-state index contributed by atoms with van der Waals surface area (Å²) < 4.78 is 0. The molecule has 0 spiro atoms. The van der Waals surface area contributed by atoms with Crippen molar-refractivity contribution >= 4 is 10.8 Å². The molecule has 0 saturated carbocycles. The Hall–Kier alpha value is -2.16. The van der Waals surface area contributed by atoms with E-state index in [0.717, 1.165) is 35.1 Å². The van der Waals surface area contributed by atoms with Crippen LogP contribution >= 0.6 is 0 Å². The van der Waals surface area contributed by atoms with Gasteiger partial charge in [0.15, 0.2) is 0 Å². The standard InChI is InChI=1S/C24H26O2/c1-2-3-4-5-8-17-13-18(14-25)23-19-11-6-9-16-10-7-12-20(22(16)19)24(23)21(17)15-26/h6-7,9-13,25-26H,2-5,8,14-15H2,1H3. The van der Waals surface area contributed by atoms with E-state index in [1.807, 2.05) is 0 Å². The van der Waals surface area contributed by atoms with E-state index >= 15 is 0 Å². The van der Waals surface area contributed by atoms with Gasteiger partial charge < -0.3 is 10.2 Å². The molecule has 0 fully saturated rings. The zero-order valence-corrected chi connectivity index (χ0v) is 15.4. The van der Waals surface area contributed by atoms with Gasteiger partial charge in [0, 0.05) is 0 Å². The van der Waals surface area contributed by atoms with E-state index in [-0.39, 0.29) is 13.2 Å². The lowest BCUT2D eigenvalue weighted by atomic mass is 9.88. The topological polar surface area (TPSA) is 40.5 Å². The molecule has 0 atom stereocenters. The second-order valence-electron chi connectivity index (χ2n) is 7.26. The van der Waals surface area contributed by atoms with E-state index in [1.165, 1.54) is 46.7 Å². The third-order valence-corrected chi connectivity index (χ3v) is 5.68. The zero-order valence-electron chi connectivity index (χ0n) is 15.4. The Morgan fingerprint density at radius 3 is 2.15 bits per heavy atom. The molecule has 0 unspecified atom stereocenters. The van der Waals surface area contributed by atoms with Gasteiger partial charge in [-0.25, -0.2) is 0 Å². The van der Waals surface area contributed by atoms with E-state index in [0.29, 0.717) is 0 Å². The first-order chi connectivity index (χ1) is 12.8. The molecule has 1 aliphatic carbocycles. The minimum Gasteiger partial charge on any atom is -0.392 e. The van der Waals surface area contributed by atoms with Gasteiger partial charge in [-0.05, 0) is 62.6 Å². The zero-order chi connectivity index (χ0) is 18.1. The fourth-order valence-electron chi connectivity index (χ4n) is 4.47. The molecule has 2 nitrogen and oxygen atoms in total. The largest absolute Gasteiger partial charge is 0.392 e. The SMILES string of the molecule is CCCCCCc1cc(CO)c2c(c1CO)-c1cccc3cccc-2c13. The van der Waals surface area contributed by atoms with E-state index in [1.54, 1.807) is 0 Å². The van der Waals surface area contributed by atoms with Gasteiger partial charge in [-0.2, -0.15) is 0 Å². The van der Waals surface area contributed by atoms with E-state index in [9.17, 15) is 10.2 Å². The summed E-state index contributed by atoms with van der Waals surface area (Å²) in [4.78, 5) is 0. The molecule has 26 heavy (non-hydrogen) atoms. The molecule has 2 N–H and O–H groups in total. The van der Waals surface area contributed by atoms with E-state index in [4.69, 9.17) is 0 Å². The first-order valence-corrected chi connectivity index (χ1v) is 9.72. The summed E-state index contributed by atoms with van der Waals surface area (Å²) >= 11 is 0. The van der Waals surface area contributed by atoms with Crippen molar-refractivity contribution in [2.45, 2.75) is 52.2 Å². The van der Waals surface area contributed by atoms with Crippen molar-refractivity contribution in [2.75, 3.05) is 0 Å². The molecule has 3 aromatic rings. The second-order valence-corrected chi connectivity index (χ2v) is 7.26. The maximum Gasteiger partial charge on any atom is 0.0690 e. The van der Waals surface area contributed by atoms with E-state index in [2.05, 4.69) is 49.4 Å². The number of hydrogen-bond donors (Lipinski definition) is 2. The quantitative estimate of drug-likeness (QED) is 0.428. The molecule has 0 radical (unpaired) electrons. The molecule has 3 aromatic carbocycles. The Labute approximate surface area is 155 Å². The average Bonchev–Trinajstić information content (AvgIpc) is 3.01. The maximum absolute atomic E-state index is 10.2. The number of hydrogen-bond acceptors (Lipinski definition) is 2. The van der Waals surface area contributed by atoms with Crippen LogP contribution in [0.25, 0.3) is 33.0 Å². The van der Waals surface area contributed by atoms with Crippen LogP contribution in [0.15, 0.2) is 42.5 Å². The van der Waals surface area contributed by atoms with Gasteiger partial charge in [-0.15, -0.1) is 0 Å². The molecule has 134 valence electrons. The number of rotatable bonds is 7. The van der Waals surface area contributed by atoms with Crippen LogP contribution in [0.5, 0.6) is 0 Å². The number of unbranched alkanes of at least 4 members (excludes halogenated alkanes) is 3. The summed E-state index contributed by atoms with van der Waals surface area (Å²) in [5.41, 5.74) is 7.84. The summed E-state index contributed by atoms with van der Waals surface area (Å²) in [6.07, 6.45) is 5.76. The van der Waals surface area contributed by atoms with Crippen molar-refractivity contribution < 1.29 is 10.2 Å². The molecule has 0 heterocycles. The van der Waals surface area contributed by atoms with Gasteiger partial charge in [0.25, 0.3) is 0 Å². The normalized spacial score (nSPS) is 12.0. The van der Waals surface area contributed by atoms with Crippen LogP contribution in [0, 0.1) is 0 Å². The van der Waals surface area contributed by atoms with E-state index < -0.39 is 0 Å². The monoisotopic (exact) mass is 346 g/mol. The van der Waals surface area contributed by atoms with Crippen LogP contribution in [0.1, 0.15) is 49.3 Å². The van der Waals surface area contributed by atoms with Gasteiger partial charge in [0.05, 0.1) is 13.2 Å². The van der Waals surface area contributed by atoms with Crippen LogP contribution in [0.4, 0.5) is 0 Å². The predicted octanol–water partition coefficient (Wildman–Crippen LogP) is 5.59. The molecule has 0 aromatic heterocycles.